The molecule has 1 atom stereocenters. The van der Waals surface area contributed by atoms with Crippen LogP contribution in [0, 0.1) is 0 Å². The van der Waals surface area contributed by atoms with Crippen LogP contribution in [-0.4, -0.2) is 36.8 Å². The highest BCUT2D eigenvalue weighted by molar-refractivity contribution is 6.30. The van der Waals surface area contributed by atoms with Crippen molar-refractivity contribution in [2.75, 3.05) is 19.6 Å². The van der Waals surface area contributed by atoms with Crippen LogP contribution >= 0.6 is 11.6 Å². The molecule has 1 aromatic rings. The SMILES string of the molecule is FC(F)(F)CNCCC1CCCCN1Cc1ccc(Cl)cc1. The molecule has 1 unspecified atom stereocenters. The van der Waals surface area contributed by atoms with Crippen molar-refractivity contribution < 1.29 is 13.2 Å². The average Bonchev–Trinajstić information content (AvgIpc) is 2.46. The topological polar surface area (TPSA) is 15.3 Å². The highest BCUT2D eigenvalue weighted by atomic mass is 35.5. The predicted molar refractivity (Wildman–Crippen MR) is 83.0 cm³/mol. The van der Waals surface area contributed by atoms with E-state index in [9.17, 15) is 13.2 Å². The number of nitrogens with zero attached hydrogens (tertiary/aromatic N) is 1. The number of nitrogens with one attached hydrogen (secondary N) is 1. The van der Waals surface area contributed by atoms with Crippen LogP contribution in [0.3, 0.4) is 0 Å². The van der Waals surface area contributed by atoms with Gasteiger partial charge in [0, 0.05) is 17.6 Å². The standard InChI is InChI=1S/C16H22ClF3N2/c17-14-6-4-13(5-7-14)11-22-10-2-1-3-15(22)8-9-21-12-16(18,19)20/h4-7,15,21H,1-3,8-12H2. The Morgan fingerprint density at radius 2 is 1.91 bits per heavy atom. The van der Waals surface area contributed by atoms with Gasteiger partial charge in [-0.3, -0.25) is 4.90 Å². The van der Waals surface area contributed by atoms with Gasteiger partial charge in [0.1, 0.15) is 0 Å². The molecule has 1 N–H and O–H groups in total. The van der Waals surface area contributed by atoms with E-state index >= 15 is 0 Å². The lowest BCUT2D eigenvalue weighted by Crippen LogP contribution is -2.41. The molecule has 0 radical (unpaired) electrons. The van der Waals surface area contributed by atoms with E-state index in [2.05, 4.69) is 10.2 Å². The maximum absolute atomic E-state index is 12.1. The second-order valence-electron chi connectivity index (χ2n) is 5.83. The minimum atomic E-state index is -4.13. The fraction of sp³-hybridized carbons (Fsp3) is 0.625. The molecule has 2 rings (SSSR count). The van der Waals surface area contributed by atoms with Gasteiger partial charge in [0.25, 0.3) is 0 Å². The van der Waals surface area contributed by atoms with Crippen molar-refractivity contribution in [2.24, 2.45) is 0 Å². The molecule has 1 aliphatic heterocycles. The normalized spacial score (nSPS) is 20.3. The zero-order valence-electron chi connectivity index (χ0n) is 12.5. The van der Waals surface area contributed by atoms with E-state index in [0.29, 0.717) is 12.6 Å². The second kappa shape index (κ2) is 8.18. The molecule has 0 saturated carbocycles. The van der Waals surface area contributed by atoms with Gasteiger partial charge in [-0.1, -0.05) is 30.2 Å². The molecule has 0 bridgehead atoms. The first-order valence-electron chi connectivity index (χ1n) is 7.70. The van der Waals surface area contributed by atoms with Crippen LogP contribution in [-0.2, 0) is 6.54 Å². The number of likely N-dealkylation sites (tertiary alicyclic amines) is 1. The van der Waals surface area contributed by atoms with Crippen LogP contribution in [0.4, 0.5) is 13.2 Å². The fourth-order valence-corrected chi connectivity index (χ4v) is 3.04. The van der Waals surface area contributed by atoms with Crippen molar-refractivity contribution in [1.82, 2.24) is 10.2 Å². The van der Waals surface area contributed by atoms with Gasteiger partial charge in [0.15, 0.2) is 0 Å². The van der Waals surface area contributed by atoms with Crippen molar-refractivity contribution in [3.8, 4) is 0 Å². The second-order valence-corrected chi connectivity index (χ2v) is 6.26. The van der Waals surface area contributed by atoms with Gasteiger partial charge in [-0.2, -0.15) is 13.2 Å². The molecule has 1 fully saturated rings. The van der Waals surface area contributed by atoms with Gasteiger partial charge in [-0.25, -0.2) is 0 Å². The first-order chi connectivity index (χ1) is 10.4. The number of hydrogen-bond donors (Lipinski definition) is 1. The molecule has 0 aliphatic carbocycles. The minimum absolute atomic E-state index is 0.352. The maximum atomic E-state index is 12.1. The van der Waals surface area contributed by atoms with Crippen LogP contribution in [0.1, 0.15) is 31.2 Å². The fourth-order valence-electron chi connectivity index (χ4n) is 2.92. The molecule has 6 heteroatoms. The Bertz CT molecular complexity index is 448. The van der Waals surface area contributed by atoms with Crippen molar-refractivity contribution in [3.05, 3.63) is 34.9 Å². The third-order valence-electron chi connectivity index (χ3n) is 4.03. The molecule has 1 aliphatic rings. The lowest BCUT2D eigenvalue weighted by atomic mass is 9.98. The highest BCUT2D eigenvalue weighted by Gasteiger charge is 2.27. The maximum Gasteiger partial charge on any atom is 0.401 e. The van der Waals surface area contributed by atoms with E-state index in [1.165, 1.54) is 5.56 Å². The number of alkyl halides is 3. The molecule has 124 valence electrons. The van der Waals surface area contributed by atoms with E-state index < -0.39 is 12.7 Å². The van der Waals surface area contributed by atoms with E-state index in [0.717, 1.165) is 43.8 Å². The summed E-state index contributed by atoms with van der Waals surface area (Å²) in [5.74, 6) is 0. The zero-order valence-corrected chi connectivity index (χ0v) is 13.3. The van der Waals surface area contributed by atoms with Crippen LogP contribution in [0.2, 0.25) is 5.02 Å². The Morgan fingerprint density at radius 3 is 2.59 bits per heavy atom. The molecule has 2 nitrogen and oxygen atoms in total. The molecular weight excluding hydrogens is 313 g/mol. The van der Waals surface area contributed by atoms with Crippen molar-refractivity contribution >= 4 is 11.6 Å². The van der Waals surface area contributed by atoms with Gasteiger partial charge in [0.05, 0.1) is 6.54 Å². The lowest BCUT2D eigenvalue weighted by Gasteiger charge is -2.36. The minimum Gasteiger partial charge on any atom is -0.309 e. The molecule has 0 spiro atoms. The summed E-state index contributed by atoms with van der Waals surface area (Å²) in [4.78, 5) is 2.38. The first-order valence-corrected chi connectivity index (χ1v) is 8.08. The summed E-state index contributed by atoms with van der Waals surface area (Å²) in [6, 6.07) is 8.12. The Morgan fingerprint density at radius 1 is 1.18 bits per heavy atom. The third kappa shape index (κ3) is 6.15. The Balaban J connectivity index is 1.81. The summed E-state index contributed by atoms with van der Waals surface area (Å²) in [6.45, 7) is 1.34. The summed E-state index contributed by atoms with van der Waals surface area (Å²) >= 11 is 5.89. The summed E-state index contributed by atoms with van der Waals surface area (Å²) < 4.78 is 36.4. The third-order valence-corrected chi connectivity index (χ3v) is 4.28. The van der Waals surface area contributed by atoms with E-state index in [-0.39, 0.29) is 0 Å². The van der Waals surface area contributed by atoms with Crippen molar-refractivity contribution in [1.29, 1.82) is 0 Å². The van der Waals surface area contributed by atoms with Crippen LogP contribution in [0.15, 0.2) is 24.3 Å². The quantitative estimate of drug-likeness (QED) is 0.783. The van der Waals surface area contributed by atoms with E-state index in [4.69, 9.17) is 11.6 Å². The van der Waals surface area contributed by atoms with Crippen molar-refractivity contribution in [3.63, 3.8) is 0 Å². The number of rotatable bonds is 6. The van der Waals surface area contributed by atoms with E-state index in [1.54, 1.807) is 0 Å². The summed E-state index contributed by atoms with van der Waals surface area (Å²) in [5, 5.41) is 3.21. The number of piperidine rings is 1. The Kier molecular flexibility index (Phi) is 6.53. The Labute approximate surface area is 134 Å². The largest absolute Gasteiger partial charge is 0.401 e. The number of hydrogen-bond acceptors (Lipinski definition) is 2. The molecule has 0 aromatic heterocycles. The van der Waals surface area contributed by atoms with Gasteiger partial charge < -0.3 is 5.32 Å². The monoisotopic (exact) mass is 334 g/mol. The lowest BCUT2D eigenvalue weighted by molar-refractivity contribution is -0.124. The summed E-state index contributed by atoms with van der Waals surface area (Å²) in [7, 11) is 0. The van der Waals surface area contributed by atoms with Gasteiger partial charge in [-0.05, 0) is 50.0 Å². The molecule has 0 amide bonds. The molecule has 22 heavy (non-hydrogen) atoms. The molecular formula is C16H22ClF3N2. The van der Waals surface area contributed by atoms with Crippen LogP contribution in [0.25, 0.3) is 0 Å². The highest BCUT2D eigenvalue weighted by Crippen LogP contribution is 2.22. The molecule has 1 aromatic carbocycles. The van der Waals surface area contributed by atoms with Crippen molar-refractivity contribution in [2.45, 2.75) is 44.4 Å². The smallest absolute Gasteiger partial charge is 0.309 e. The van der Waals surface area contributed by atoms with Gasteiger partial charge in [-0.15, -0.1) is 0 Å². The number of halogens is 4. The van der Waals surface area contributed by atoms with Gasteiger partial charge in [0.2, 0.25) is 0 Å². The van der Waals surface area contributed by atoms with Gasteiger partial charge >= 0.3 is 6.18 Å². The summed E-state index contributed by atoms with van der Waals surface area (Å²) in [5.41, 5.74) is 1.19. The van der Waals surface area contributed by atoms with E-state index in [1.807, 2.05) is 24.3 Å². The Hall–Kier alpha value is -0.780. The zero-order chi connectivity index (χ0) is 16.0. The molecule has 1 saturated heterocycles. The first kappa shape index (κ1) is 17.6. The van der Waals surface area contributed by atoms with Crippen LogP contribution in [0.5, 0.6) is 0 Å². The molecule has 1 heterocycles. The number of benzene rings is 1. The summed E-state index contributed by atoms with van der Waals surface area (Å²) in [6.07, 6.45) is -0.0123. The average molecular weight is 335 g/mol. The predicted octanol–water partition coefficient (Wildman–Crippen LogP) is 4.24. The van der Waals surface area contributed by atoms with Crippen LogP contribution < -0.4 is 5.32 Å².